The van der Waals surface area contributed by atoms with E-state index < -0.39 is 0 Å². The Bertz CT molecular complexity index is 598. The molecule has 0 bridgehead atoms. The van der Waals surface area contributed by atoms with E-state index in [0.717, 1.165) is 11.5 Å². The first-order chi connectivity index (χ1) is 9.86. The summed E-state index contributed by atoms with van der Waals surface area (Å²) < 4.78 is 0. The van der Waals surface area contributed by atoms with E-state index in [1.165, 1.54) is 12.8 Å². The van der Waals surface area contributed by atoms with E-state index in [1.54, 1.807) is 24.7 Å². The van der Waals surface area contributed by atoms with Gasteiger partial charge in [0.25, 0.3) is 0 Å². The van der Waals surface area contributed by atoms with Gasteiger partial charge in [-0.3, -0.25) is 4.98 Å². The van der Waals surface area contributed by atoms with Gasteiger partial charge in [-0.15, -0.1) is 0 Å². The molecule has 0 radical (unpaired) electrons. The molecule has 2 heterocycles. The SMILES string of the molecule is N#Cc1ccc(CN[C@@H](c2ncccn2)C2CC2)nc1. The van der Waals surface area contributed by atoms with Gasteiger partial charge in [-0.25, -0.2) is 9.97 Å². The third-order valence-corrected chi connectivity index (χ3v) is 3.41. The second kappa shape index (κ2) is 5.76. The van der Waals surface area contributed by atoms with E-state index in [1.807, 2.05) is 12.1 Å². The highest BCUT2D eigenvalue weighted by Crippen LogP contribution is 2.39. The summed E-state index contributed by atoms with van der Waals surface area (Å²) in [5.74, 6) is 1.47. The van der Waals surface area contributed by atoms with Crippen LogP contribution in [0, 0.1) is 17.2 Å². The van der Waals surface area contributed by atoms with Crippen molar-refractivity contribution in [3.05, 3.63) is 53.9 Å². The molecule has 20 heavy (non-hydrogen) atoms. The Morgan fingerprint density at radius 2 is 2.05 bits per heavy atom. The Labute approximate surface area is 117 Å². The van der Waals surface area contributed by atoms with Crippen molar-refractivity contribution >= 4 is 0 Å². The van der Waals surface area contributed by atoms with Crippen molar-refractivity contribution in [3.63, 3.8) is 0 Å². The fourth-order valence-corrected chi connectivity index (χ4v) is 2.18. The van der Waals surface area contributed by atoms with Gasteiger partial charge < -0.3 is 5.32 Å². The number of nitriles is 1. The van der Waals surface area contributed by atoms with Gasteiger partial charge >= 0.3 is 0 Å². The minimum atomic E-state index is 0.189. The molecule has 0 aliphatic heterocycles. The van der Waals surface area contributed by atoms with Crippen LogP contribution in [0.2, 0.25) is 0 Å². The smallest absolute Gasteiger partial charge is 0.145 e. The van der Waals surface area contributed by atoms with Gasteiger partial charge in [0, 0.05) is 25.1 Å². The van der Waals surface area contributed by atoms with E-state index in [2.05, 4.69) is 26.3 Å². The zero-order valence-electron chi connectivity index (χ0n) is 11.0. The average molecular weight is 265 g/mol. The molecule has 5 heteroatoms. The summed E-state index contributed by atoms with van der Waals surface area (Å²) in [5.41, 5.74) is 1.50. The van der Waals surface area contributed by atoms with Gasteiger partial charge in [0.1, 0.15) is 11.9 Å². The Morgan fingerprint density at radius 1 is 1.25 bits per heavy atom. The summed E-state index contributed by atoms with van der Waals surface area (Å²) in [6.45, 7) is 0.658. The third kappa shape index (κ3) is 2.98. The van der Waals surface area contributed by atoms with E-state index in [9.17, 15) is 0 Å². The van der Waals surface area contributed by atoms with Crippen molar-refractivity contribution in [1.29, 1.82) is 5.26 Å². The molecule has 3 rings (SSSR count). The molecule has 1 aliphatic carbocycles. The minimum absolute atomic E-state index is 0.189. The zero-order valence-corrected chi connectivity index (χ0v) is 11.0. The average Bonchev–Trinajstić information content (AvgIpc) is 3.34. The second-order valence-corrected chi connectivity index (χ2v) is 4.95. The van der Waals surface area contributed by atoms with Crippen LogP contribution < -0.4 is 5.32 Å². The van der Waals surface area contributed by atoms with Gasteiger partial charge in [0.15, 0.2) is 0 Å². The van der Waals surface area contributed by atoms with Gasteiger partial charge in [0.05, 0.1) is 17.3 Å². The minimum Gasteiger partial charge on any atom is -0.301 e. The van der Waals surface area contributed by atoms with Gasteiger partial charge in [-0.1, -0.05) is 0 Å². The maximum atomic E-state index is 8.75. The predicted octanol–water partition coefficient (Wildman–Crippen LogP) is 1.98. The van der Waals surface area contributed by atoms with Crippen LogP contribution in [0.4, 0.5) is 0 Å². The lowest BCUT2D eigenvalue weighted by Crippen LogP contribution is -2.25. The van der Waals surface area contributed by atoms with Crippen molar-refractivity contribution in [2.24, 2.45) is 5.92 Å². The zero-order chi connectivity index (χ0) is 13.8. The fraction of sp³-hybridized carbons (Fsp3) is 0.333. The highest BCUT2D eigenvalue weighted by molar-refractivity contribution is 5.26. The molecule has 100 valence electrons. The molecule has 0 amide bonds. The molecule has 2 aromatic rings. The Morgan fingerprint density at radius 3 is 2.65 bits per heavy atom. The second-order valence-electron chi connectivity index (χ2n) is 4.95. The van der Waals surface area contributed by atoms with Gasteiger partial charge in [-0.05, 0) is 37.0 Å². The predicted molar refractivity (Wildman–Crippen MR) is 73.3 cm³/mol. The topological polar surface area (TPSA) is 74.5 Å². The quantitative estimate of drug-likeness (QED) is 0.894. The van der Waals surface area contributed by atoms with Crippen LogP contribution in [-0.4, -0.2) is 15.0 Å². The van der Waals surface area contributed by atoms with Crippen LogP contribution in [-0.2, 0) is 6.54 Å². The van der Waals surface area contributed by atoms with Gasteiger partial charge in [-0.2, -0.15) is 5.26 Å². The molecule has 1 fully saturated rings. The Kier molecular flexibility index (Phi) is 3.66. The molecule has 0 spiro atoms. The summed E-state index contributed by atoms with van der Waals surface area (Å²) >= 11 is 0. The molecule has 1 aliphatic rings. The molecular weight excluding hydrogens is 250 g/mol. The molecule has 1 atom stereocenters. The molecule has 2 aromatic heterocycles. The number of aromatic nitrogens is 3. The molecule has 0 saturated heterocycles. The van der Waals surface area contributed by atoms with Crippen LogP contribution in [0.3, 0.4) is 0 Å². The first-order valence-corrected chi connectivity index (χ1v) is 6.72. The van der Waals surface area contributed by atoms with Crippen molar-refractivity contribution < 1.29 is 0 Å². The largest absolute Gasteiger partial charge is 0.301 e. The van der Waals surface area contributed by atoms with Crippen LogP contribution >= 0.6 is 0 Å². The van der Waals surface area contributed by atoms with Gasteiger partial charge in [0.2, 0.25) is 0 Å². The summed E-state index contributed by atoms with van der Waals surface area (Å²) in [7, 11) is 0. The highest BCUT2D eigenvalue weighted by Gasteiger charge is 2.33. The maximum absolute atomic E-state index is 8.75. The van der Waals surface area contributed by atoms with Crippen molar-refractivity contribution in [2.75, 3.05) is 0 Å². The molecule has 1 N–H and O–H groups in total. The standard InChI is InChI=1S/C15H15N5/c16-8-11-2-5-13(19-9-11)10-20-14(12-3-4-12)15-17-6-1-7-18-15/h1-2,5-7,9,12,14,20H,3-4,10H2/t14-/m1/s1. The molecule has 5 nitrogen and oxygen atoms in total. The third-order valence-electron chi connectivity index (χ3n) is 3.41. The van der Waals surface area contributed by atoms with E-state index in [4.69, 9.17) is 5.26 Å². The lowest BCUT2D eigenvalue weighted by molar-refractivity contribution is 0.454. The number of nitrogens with one attached hydrogen (secondary N) is 1. The Hall–Kier alpha value is -2.32. The summed E-state index contributed by atoms with van der Waals surface area (Å²) in [6.07, 6.45) is 7.59. The Balaban J connectivity index is 1.67. The fourth-order valence-electron chi connectivity index (χ4n) is 2.18. The maximum Gasteiger partial charge on any atom is 0.145 e. The molecule has 0 aromatic carbocycles. The van der Waals surface area contributed by atoms with Crippen LogP contribution in [0.15, 0.2) is 36.8 Å². The highest BCUT2D eigenvalue weighted by atomic mass is 15.0. The first kappa shape index (κ1) is 12.7. The lowest BCUT2D eigenvalue weighted by atomic mass is 10.1. The normalized spacial score (nSPS) is 15.6. The van der Waals surface area contributed by atoms with Crippen molar-refractivity contribution in [2.45, 2.75) is 25.4 Å². The summed E-state index contributed by atoms with van der Waals surface area (Å²) in [5, 5.41) is 12.2. The van der Waals surface area contributed by atoms with Crippen LogP contribution in [0.25, 0.3) is 0 Å². The lowest BCUT2D eigenvalue weighted by Gasteiger charge is -2.16. The molecule has 1 saturated carbocycles. The summed E-state index contributed by atoms with van der Waals surface area (Å²) in [4.78, 5) is 13.0. The monoisotopic (exact) mass is 265 g/mol. The summed E-state index contributed by atoms with van der Waals surface area (Å²) in [6, 6.07) is 7.75. The van der Waals surface area contributed by atoms with Crippen molar-refractivity contribution in [1.82, 2.24) is 20.3 Å². The number of pyridine rings is 1. The van der Waals surface area contributed by atoms with Crippen LogP contribution in [0.5, 0.6) is 0 Å². The number of hydrogen-bond donors (Lipinski definition) is 1. The number of hydrogen-bond acceptors (Lipinski definition) is 5. The number of rotatable bonds is 5. The molecular formula is C15H15N5. The number of nitrogens with zero attached hydrogens (tertiary/aromatic N) is 4. The van der Waals surface area contributed by atoms with E-state index in [0.29, 0.717) is 18.0 Å². The molecule has 0 unspecified atom stereocenters. The van der Waals surface area contributed by atoms with Crippen molar-refractivity contribution in [3.8, 4) is 6.07 Å². The van der Waals surface area contributed by atoms with E-state index in [-0.39, 0.29) is 6.04 Å². The first-order valence-electron chi connectivity index (χ1n) is 6.72. The van der Waals surface area contributed by atoms with Crippen LogP contribution in [0.1, 0.15) is 36.0 Å². The van der Waals surface area contributed by atoms with E-state index >= 15 is 0 Å².